The van der Waals surface area contributed by atoms with E-state index in [0.717, 1.165) is 16.7 Å². The first-order valence-corrected chi connectivity index (χ1v) is 9.10. The van der Waals surface area contributed by atoms with Crippen LogP contribution in [0.15, 0.2) is 65.9 Å². The van der Waals surface area contributed by atoms with Gasteiger partial charge in [0.1, 0.15) is 6.61 Å². The van der Waals surface area contributed by atoms with E-state index in [2.05, 4.69) is 22.8 Å². The Kier molecular flexibility index (Phi) is 6.21. The molecule has 2 aromatic rings. The summed E-state index contributed by atoms with van der Waals surface area (Å²) >= 11 is 5.28. The molecule has 27 heavy (non-hydrogen) atoms. The quantitative estimate of drug-likeness (QED) is 0.454. The van der Waals surface area contributed by atoms with Crippen molar-refractivity contribution < 1.29 is 14.3 Å². The fourth-order valence-electron chi connectivity index (χ4n) is 3.01. The Bertz CT molecular complexity index is 847. The predicted molar refractivity (Wildman–Crippen MR) is 109 cm³/mol. The Morgan fingerprint density at radius 2 is 1.70 bits per heavy atom. The molecular weight excluding hydrogens is 360 g/mol. The van der Waals surface area contributed by atoms with E-state index in [9.17, 15) is 4.79 Å². The van der Waals surface area contributed by atoms with E-state index in [1.807, 2.05) is 49.4 Å². The number of carbonyl (C=O) groups is 1. The summed E-state index contributed by atoms with van der Waals surface area (Å²) < 4.78 is 10.3. The van der Waals surface area contributed by atoms with E-state index >= 15 is 0 Å². The number of hydrogen-bond donors (Lipinski definition) is 2. The monoisotopic (exact) mass is 382 g/mol. The van der Waals surface area contributed by atoms with Crippen molar-refractivity contribution >= 4 is 23.3 Å². The van der Waals surface area contributed by atoms with Crippen molar-refractivity contribution in [3.8, 4) is 11.1 Å². The van der Waals surface area contributed by atoms with Crippen LogP contribution >= 0.6 is 12.2 Å². The van der Waals surface area contributed by atoms with Crippen molar-refractivity contribution in [2.45, 2.75) is 13.0 Å². The number of esters is 1. The number of nitrogens with one attached hydrogen (secondary N) is 2. The van der Waals surface area contributed by atoms with Gasteiger partial charge in [0.15, 0.2) is 5.11 Å². The minimum absolute atomic E-state index is 0.205. The molecule has 6 heteroatoms. The van der Waals surface area contributed by atoms with Crippen molar-refractivity contribution in [2.75, 3.05) is 20.3 Å². The smallest absolute Gasteiger partial charge is 0.338 e. The molecule has 140 valence electrons. The first-order chi connectivity index (χ1) is 13.1. The van der Waals surface area contributed by atoms with Gasteiger partial charge >= 0.3 is 5.97 Å². The molecule has 0 radical (unpaired) electrons. The van der Waals surface area contributed by atoms with Crippen LogP contribution in [0.5, 0.6) is 0 Å². The molecule has 0 amide bonds. The summed E-state index contributed by atoms with van der Waals surface area (Å²) in [5, 5.41) is 6.66. The van der Waals surface area contributed by atoms with Crippen molar-refractivity contribution in [1.82, 2.24) is 10.6 Å². The van der Waals surface area contributed by atoms with Gasteiger partial charge < -0.3 is 20.1 Å². The molecule has 1 atom stereocenters. The molecule has 5 nitrogen and oxygen atoms in total. The van der Waals surface area contributed by atoms with E-state index in [4.69, 9.17) is 21.7 Å². The van der Waals surface area contributed by atoms with Gasteiger partial charge in [-0.2, -0.15) is 0 Å². The molecule has 0 fully saturated rings. The number of hydrogen-bond acceptors (Lipinski definition) is 4. The highest BCUT2D eigenvalue weighted by Gasteiger charge is 2.30. The zero-order valence-corrected chi connectivity index (χ0v) is 16.1. The van der Waals surface area contributed by atoms with E-state index in [1.54, 1.807) is 7.11 Å². The number of allylic oxidation sites excluding steroid dienone is 1. The van der Waals surface area contributed by atoms with Gasteiger partial charge in [0.2, 0.25) is 0 Å². The molecule has 0 aromatic heterocycles. The average molecular weight is 382 g/mol. The molecule has 0 saturated heterocycles. The molecule has 0 aliphatic carbocycles. The van der Waals surface area contributed by atoms with Gasteiger partial charge in [0, 0.05) is 12.8 Å². The third-order valence-corrected chi connectivity index (χ3v) is 4.58. The fraction of sp³-hybridized carbons (Fsp3) is 0.238. The van der Waals surface area contributed by atoms with E-state index < -0.39 is 0 Å². The highest BCUT2D eigenvalue weighted by molar-refractivity contribution is 7.80. The van der Waals surface area contributed by atoms with Crippen LogP contribution in [0.1, 0.15) is 18.5 Å². The van der Waals surface area contributed by atoms with Gasteiger partial charge in [-0.3, -0.25) is 0 Å². The van der Waals surface area contributed by atoms with Crippen LogP contribution < -0.4 is 10.6 Å². The second kappa shape index (κ2) is 8.79. The molecule has 3 rings (SSSR count). The van der Waals surface area contributed by atoms with Crippen LogP contribution in [0.4, 0.5) is 0 Å². The second-order valence-electron chi connectivity index (χ2n) is 6.19. The fourth-order valence-corrected chi connectivity index (χ4v) is 3.28. The first-order valence-electron chi connectivity index (χ1n) is 8.70. The van der Waals surface area contributed by atoms with Gasteiger partial charge in [0.25, 0.3) is 0 Å². The van der Waals surface area contributed by atoms with Gasteiger partial charge in [-0.05, 0) is 35.8 Å². The molecule has 0 spiro atoms. The van der Waals surface area contributed by atoms with E-state index in [1.165, 1.54) is 0 Å². The van der Waals surface area contributed by atoms with Gasteiger partial charge in [-0.25, -0.2) is 4.79 Å². The maximum absolute atomic E-state index is 12.6. The number of rotatable bonds is 6. The van der Waals surface area contributed by atoms with Crippen LogP contribution in [0.25, 0.3) is 11.1 Å². The van der Waals surface area contributed by atoms with Crippen molar-refractivity contribution in [3.05, 3.63) is 71.4 Å². The van der Waals surface area contributed by atoms with Crippen molar-refractivity contribution in [3.63, 3.8) is 0 Å². The van der Waals surface area contributed by atoms with Crippen molar-refractivity contribution in [1.29, 1.82) is 0 Å². The Morgan fingerprint density at radius 1 is 1.04 bits per heavy atom. The number of thiocarbonyl (C=S) groups is 1. The lowest BCUT2D eigenvalue weighted by atomic mass is 9.94. The molecule has 1 heterocycles. The third kappa shape index (κ3) is 4.53. The van der Waals surface area contributed by atoms with Gasteiger partial charge in [-0.15, -0.1) is 0 Å². The predicted octanol–water partition coefficient (Wildman–Crippen LogP) is 3.34. The molecule has 2 aromatic carbocycles. The Morgan fingerprint density at radius 3 is 2.37 bits per heavy atom. The average Bonchev–Trinajstić information content (AvgIpc) is 2.68. The molecule has 0 saturated carbocycles. The maximum Gasteiger partial charge on any atom is 0.338 e. The SMILES string of the molecule is COCCOC(=O)C1=C(C)NC(=S)NC1c1ccc(-c2ccccc2)cc1. The van der Waals surface area contributed by atoms with Gasteiger partial charge in [0.05, 0.1) is 18.2 Å². The molecule has 1 aliphatic heterocycles. The standard InChI is InChI=1S/C21H22N2O3S/c1-14-18(20(24)26-13-12-25-2)19(23-21(27)22-14)17-10-8-16(9-11-17)15-6-4-3-5-7-15/h3-11,19H,12-13H2,1-2H3,(H2,22,23,27). The lowest BCUT2D eigenvalue weighted by molar-refractivity contribution is -0.140. The number of carbonyl (C=O) groups excluding carboxylic acids is 1. The second-order valence-corrected chi connectivity index (χ2v) is 6.60. The molecule has 1 aliphatic rings. The van der Waals surface area contributed by atoms with Crippen LogP contribution in [0.2, 0.25) is 0 Å². The highest BCUT2D eigenvalue weighted by atomic mass is 32.1. The zero-order chi connectivity index (χ0) is 19.2. The number of ether oxygens (including phenoxy) is 2. The number of methoxy groups -OCH3 is 1. The minimum atomic E-state index is -0.385. The minimum Gasteiger partial charge on any atom is -0.460 e. The van der Waals surface area contributed by atoms with Crippen LogP contribution in [-0.2, 0) is 14.3 Å². The maximum atomic E-state index is 12.6. The summed E-state index contributed by atoms with van der Waals surface area (Å²) in [5.41, 5.74) is 4.41. The van der Waals surface area contributed by atoms with Crippen LogP contribution in [0.3, 0.4) is 0 Å². The highest BCUT2D eigenvalue weighted by Crippen LogP contribution is 2.29. The summed E-state index contributed by atoms with van der Waals surface area (Å²) in [5.74, 6) is -0.385. The van der Waals surface area contributed by atoms with Crippen LogP contribution in [-0.4, -0.2) is 31.4 Å². The zero-order valence-electron chi connectivity index (χ0n) is 15.3. The lowest BCUT2D eigenvalue weighted by Gasteiger charge is -2.30. The van der Waals surface area contributed by atoms with Crippen molar-refractivity contribution in [2.24, 2.45) is 0 Å². The topological polar surface area (TPSA) is 59.6 Å². The molecule has 0 bridgehead atoms. The Labute approximate surface area is 164 Å². The van der Waals surface area contributed by atoms with E-state index in [-0.39, 0.29) is 18.6 Å². The summed E-state index contributed by atoms with van der Waals surface area (Å²) in [6.07, 6.45) is 0. The van der Waals surface area contributed by atoms with Gasteiger partial charge in [-0.1, -0.05) is 54.6 Å². The molecule has 2 N–H and O–H groups in total. The summed E-state index contributed by atoms with van der Waals surface area (Å²) in [4.78, 5) is 12.6. The summed E-state index contributed by atoms with van der Waals surface area (Å²) in [7, 11) is 1.57. The molecular formula is C21H22N2O3S. The largest absolute Gasteiger partial charge is 0.460 e. The first kappa shape index (κ1) is 19.1. The third-order valence-electron chi connectivity index (χ3n) is 4.36. The molecule has 1 unspecified atom stereocenters. The number of benzene rings is 2. The van der Waals surface area contributed by atoms with E-state index in [0.29, 0.717) is 23.0 Å². The normalized spacial score (nSPS) is 16.5. The Hall–Kier alpha value is -2.70. The summed E-state index contributed by atoms with van der Waals surface area (Å²) in [6.45, 7) is 2.38. The Balaban J connectivity index is 1.87. The van der Waals surface area contributed by atoms with Crippen LogP contribution in [0, 0.1) is 0 Å². The lowest BCUT2D eigenvalue weighted by Crippen LogP contribution is -2.45. The summed E-state index contributed by atoms with van der Waals surface area (Å²) in [6, 6.07) is 17.9.